The van der Waals surface area contributed by atoms with Gasteiger partial charge in [0.05, 0.1) is 26.4 Å². The summed E-state index contributed by atoms with van der Waals surface area (Å²) >= 11 is 0. The molecule has 0 aliphatic heterocycles. The van der Waals surface area contributed by atoms with E-state index in [1.165, 1.54) is 70.6 Å². The number of phosphoric ester groups is 1. The molecule has 280 valence electrons. The van der Waals surface area contributed by atoms with Crippen molar-refractivity contribution in [3.05, 3.63) is 48.6 Å². The molecule has 0 aromatic rings. The molecule has 9 nitrogen and oxygen atoms in total. The van der Waals surface area contributed by atoms with Crippen LogP contribution in [0.25, 0.3) is 0 Å². The highest BCUT2D eigenvalue weighted by Crippen LogP contribution is 2.43. The molecule has 0 heterocycles. The molecule has 0 aliphatic rings. The molecule has 0 spiro atoms. The first kappa shape index (κ1) is 46.4. The number of aliphatic hydroxyl groups excluding tert-OH is 2. The van der Waals surface area contributed by atoms with Gasteiger partial charge in [-0.25, -0.2) is 4.57 Å². The summed E-state index contributed by atoms with van der Waals surface area (Å²) in [7, 11) is -4.53. The predicted molar refractivity (Wildman–Crippen MR) is 196 cm³/mol. The lowest BCUT2D eigenvalue weighted by molar-refractivity contribution is -0.154. The van der Waals surface area contributed by atoms with Crippen molar-refractivity contribution in [1.29, 1.82) is 0 Å². The predicted octanol–water partition coefficient (Wildman–Crippen LogP) is 9.47. The first-order chi connectivity index (χ1) is 23.3. The Morgan fingerprint density at radius 2 is 1.15 bits per heavy atom. The average Bonchev–Trinajstić information content (AvgIpc) is 3.07. The van der Waals surface area contributed by atoms with Crippen LogP contribution in [0.1, 0.15) is 142 Å². The second kappa shape index (κ2) is 35.3. The molecular weight excluding hydrogens is 631 g/mol. The number of unbranched alkanes of at least 4 members (excludes halogenated alkanes) is 13. The Kier molecular flexibility index (Phi) is 34.1. The molecule has 3 atom stereocenters. The highest BCUT2D eigenvalue weighted by atomic mass is 31.2. The average molecular weight is 701 g/mol. The largest absolute Gasteiger partial charge is 0.472 e. The quantitative estimate of drug-likeness (QED) is 0.0256. The third kappa shape index (κ3) is 34.3. The van der Waals surface area contributed by atoms with E-state index in [9.17, 15) is 19.4 Å². The third-order valence-corrected chi connectivity index (χ3v) is 8.49. The Bertz CT molecular complexity index is 887. The number of carbonyl (C=O) groups is 1. The van der Waals surface area contributed by atoms with E-state index in [1.807, 2.05) is 12.2 Å². The molecule has 0 saturated carbocycles. The maximum atomic E-state index is 12.5. The van der Waals surface area contributed by atoms with E-state index in [0.29, 0.717) is 13.0 Å². The molecule has 0 bridgehead atoms. The molecule has 0 rings (SSSR count). The molecule has 0 aromatic heterocycles. The van der Waals surface area contributed by atoms with Crippen molar-refractivity contribution in [2.24, 2.45) is 0 Å². The fourth-order valence-corrected chi connectivity index (χ4v) is 5.51. The van der Waals surface area contributed by atoms with Crippen molar-refractivity contribution in [1.82, 2.24) is 0 Å². The van der Waals surface area contributed by atoms with E-state index in [-0.39, 0.29) is 13.0 Å². The molecule has 48 heavy (non-hydrogen) atoms. The Hall–Kier alpha value is -1.58. The van der Waals surface area contributed by atoms with Gasteiger partial charge in [0.15, 0.2) is 0 Å². The molecule has 0 saturated heterocycles. The van der Waals surface area contributed by atoms with E-state index >= 15 is 0 Å². The van der Waals surface area contributed by atoms with Crippen molar-refractivity contribution in [3.63, 3.8) is 0 Å². The van der Waals surface area contributed by atoms with E-state index in [0.717, 1.165) is 44.9 Å². The van der Waals surface area contributed by atoms with Crippen molar-refractivity contribution in [2.45, 2.75) is 154 Å². The number of carbonyl (C=O) groups excluding carboxylic acids is 1. The zero-order chi connectivity index (χ0) is 35.4. The van der Waals surface area contributed by atoms with Gasteiger partial charge >= 0.3 is 13.8 Å². The summed E-state index contributed by atoms with van der Waals surface area (Å²) in [4.78, 5) is 22.4. The fourth-order valence-electron chi connectivity index (χ4n) is 4.72. The van der Waals surface area contributed by atoms with Crippen molar-refractivity contribution in [3.8, 4) is 0 Å². The summed E-state index contributed by atoms with van der Waals surface area (Å²) in [6, 6.07) is 0. The van der Waals surface area contributed by atoms with Crippen LogP contribution in [0.15, 0.2) is 48.6 Å². The van der Waals surface area contributed by atoms with Crippen LogP contribution in [0.2, 0.25) is 0 Å². The Balaban J connectivity index is 4.34. The zero-order valence-corrected chi connectivity index (χ0v) is 31.1. The molecule has 0 aromatic carbocycles. The highest BCUT2D eigenvalue weighted by Gasteiger charge is 2.26. The van der Waals surface area contributed by atoms with Gasteiger partial charge in [0.2, 0.25) is 0 Å². The SMILES string of the molecule is CC/C=C\C/C=C\C/C=C\C/C=C\CCC(=O)OC(COCCCCCCCCCCCCCCCC)COP(=O)(O)OCC(O)CO. The van der Waals surface area contributed by atoms with Gasteiger partial charge in [0.1, 0.15) is 12.2 Å². The number of allylic oxidation sites excluding steroid dienone is 8. The van der Waals surface area contributed by atoms with Crippen LogP contribution >= 0.6 is 7.82 Å². The lowest BCUT2D eigenvalue weighted by atomic mass is 10.0. The number of hydrogen-bond donors (Lipinski definition) is 3. The molecule has 0 radical (unpaired) electrons. The van der Waals surface area contributed by atoms with Gasteiger partial charge in [0, 0.05) is 13.0 Å². The second-order valence-electron chi connectivity index (χ2n) is 12.2. The van der Waals surface area contributed by atoms with Gasteiger partial charge in [-0.2, -0.15) is 0 Å². The van der Waals surface area contributed by atoms with Crippen LogP contribution in [0.4, 0.5) is 0 Å². The normalized spacial score (nSPS) is 14.9. The molecule has 0 aliphatic carbocycles. The van der Waals surface area contributed by atoms with Gasteiger partial charge < -0.3 is 24.6 Å². The summed E-state index contributed by atoms with van der Waals surface area (Å²) in [5, 5.41) is 18.3. The van der Waals surface area contributed by atoms with Gasteiger partial charge in [-0.1, -0.05) is 146 Å². The summed E-state index contributed by atoms with van der Waals surface area (Å²) in [5.74, 6) is -0.462. The topological polar surface area (TPSA) is 132 Å². The summed E-state index contributed by atoms with van der Waals surface area (Å²) in [5.41, 5.74) is 0. The van der Waals surface area contributed by atoms with E-state index < -0.39 is 45.8 Å². The van der Waals surface area contributed by atoms with E-state index in [4.69, 9.17) is 23.6 Å². The van der Waals surface area contributed by atoms with Gasteiger partial charge in [-0.05, 0) is 38.5 Å². The first-order valence-corrected chi connectivity index (χ1v) is 20.1. The maximum absolute atomic E-state index is 12.5. The van der Waals surface area contributed by atoms with Crippen LogP contribution in [0.3, 0.4) is 0 Å². The van der Waals surface area contributed by atoms with Crippen molar-refractivity contribution < 1.29 is 43.0 Å². The second-order valence-corrected chi connectivity index (χ2v) is 13.7. The molecule has 0 amide bonds. The minimum Gasteiger partial charge on any atom is -0.457 e. The molecule has 3 N–H and O–H groups in total. The van der Waals surface area contributed by atoms with Crippen LogP contribution in [0.5, 0.6) is 0 Å². The molecule has 3 unspecified atom stereocenters. The Morgan fingerprint density at radius 1 is 0.667 bits per heavy atom. The van der Waals surface area contributed by atoms with Crippen LogP contribution < -0.4 is 0 Å². The van der Waals surface area contributed by atoms with Gasteiger partial charge in [0.25, 0.3) is 0 Å². The van der Waals surface area contributed by atoms with E-state index in [1.54, 1.807) is 0 Å². The lowest BCUT2D eigenvalue weighted by Gasteiger charge is -2.20. The summed E-state index contributed by atoms with van der Waals surface area (Å²) in [6.45, 7) is 3.29. The van der Waals surface area contributed by atoms with E-state index in [2.05, 4.69) is 50.3 Å². The standard InChI is InChI=1S/C38H69O9P/c1-3-5-7-9-11-13-15-17-19-21-23-25-27-29-31-44-34-37(35-46-48(42,43)45-33-36(40)32-39)47-38(41)30-28-26-24-22-20-18-16-14-12-10-8-6-4-2/h6,8,12,14,18,20,24,26,36-37,39-40H,3-5,7,9-11,13,15-17,19,21-23,25,27-35H2,1-2H3,(H,42,43)/b8-6-,14-12-,20-18-,26-24-. The maximum Gasteiger partial charge on any atom is 0.472 e. The Labute approximate surface area is 292 Å². The first-order valence-electron chi connectivity index (χ1n) is 18.6. The smallest absolute Gasteiger partial charge is 0.457 e. The lowest BCUT2D eigenvalue weighted by Crippen LogP contribution is -2.29. The summed E-state index contributed by atoms with van der Waals surface area (Å²) < 4.78 is 33.1. The number of aliphatic hydroxyl groups is 2. The zero-order valence-electron chi connectivity index (χ0n) is 30.2. The fraction of sp³-hybridized carbons (Fsp3) is 0.763. The van der Waals surface area contributed by atoms with Crippen LogP contribution in [-0.2, 0) is 27.9 Å². The van der Waals surface area contributed by atoms with Crippen molar-refractivity contribution in [2.75, 3.05) is 33.0 Å². The minimum atomic E-state index is -4.53. The number of rotatable bonds is 35. The van der Waals surface area contributed by atoms with Gasteiger partial charge in [-0.15, -0.1) is 0 Å². The van der Waals surface area contributed by atoms with Crippen LogP contribution in [-0.4, -0.2) is 66.3 Å². The minimum absolute atomic E-state index is 0.0213. The van der Waals surface area contributed by atoms with Gasteiger partial charge in [-0.3, -0.25) is 13.8 Å². The number of ether oxygens (including phenoxy) is 2. The van der Waals surface area contributed by atoms with Crippen LogP contribution in [0, 0.1) is 0 Å². The third-order valence-electron chi connectivity index (χ3n) is 7.54. The number of esters is 1. The molecule has 0 fully saturated rings. The highest BCUT2D eigenvalue weighted by molar-refractivity contribution is 7.47. The number of phosphoric acid groups is 1. The molecular formula is C38H69O9P. The molecule has 10 heteroatoms. The van der Waals surface area contributed by atoms with Crippen molar-refractivity contribution >= 4 is 13.8 Å². The monoisotopic (exact) mass is 700 g/mol. The number of hydrogen-bond acceptors (Lipinski definition) is 8. The summed E-state index contributed by atoms with van der Waals surface area (Å²) in [6.07, 6.45) is 36.6. The Morgan fingerprint density at radius 3 is 1.67 bits per heavy atom.